The predicted octanol–water partition coefficient (Wildman–Crippen LogP) is 3.28. The van der Waals surface area contributed by atoms with E-state index in [1.54, 1.807) is 24.3 Å². The van der Waals surface area contributed by atoms with Crippen LogP contribution in [0.3, 0.4) is 0 Å². The van der Waals surface area contributed by atoms with Crippen molar-refractivity contribution < 1.29 is 14.8 Å². The molecule has 3 nitrogen and oxygen atoms in total. The maximum Gasteiger partial charge on any atom is 0.488 e. The van der Waals surface area contributed by atoms with Gasteiger partial charge in [0.15, 0.2) is 0 Å². The lowest BCUT2D eigenvalue weighted by Crippen LogP contribution is -2.29. The number of ether oxygens (including phenoxy) is 1. The van der Waals surface area contributed by atoms with Crippen LogP contribution in [0.1, 0.15) is 64.7 Å². The highest BCUT2D eigenvalue weighted by Crippen LogP contribution is 2.11. The van der Waals surface area contributed by atoms with Crippen LogP contribution < -0.4 is 10.2 Å². The zero-order valence-electron chi connectivity index (χ0n) is 13.3. The van der Waals surface area contributed by atoms with Gasteiger partial charge < -0.3 is 14.8 Å². The molecule has 0 spiro atoms. The van der Waals surface area contributed by atoms with E-state index < -0.39 is 7.12 Å². The van der Waals surface area contributed by atoms with Crippen molar-refractivity contribution in [3.05, 3.63) is 24.3 Å². The SMILES string of the molecule is CCCCCCCCCCCOc1ccc(B(O)O)cc1. The van der Waals surface area contributed by atoms with E-state index in [9.17, 15) is 0 Å². The molecule has 2 N–H and O–H groups in total. The Morgan fingerprint density at radius 1 is 0.810 bits per heavy atom. The molecule has 118 valence electrons. The summed E-state index contributed by atoms with van der Waals surface area (Å²) in [5.74, 6) is 0.791. The third-order valence-corrected chi connectivity index (χ3v) is 3.69. The Bertz CT molecular complexity index is 352. The second kappa shape index (κ2) is 11.6. The molecule has 0 atom stereocenters. The van der Waals surface area contributed by atoms with Gasteiger partial charge in [-0.1, -0.05) is 70.4 Å². The van der Waals surface area contributed by atoms with Crippen LogP contribution in [0.15, 0.2) is 24.3 Å². The highest BCUT2D eigenvalue weighted by atomic mass is 16.5. The first-order chi connectivity index (χ1) is 10.2. The van der Waals surface area contributed by atoms with E-state index in [1.165, 1.54) is 51.4 Å². The van der Waals surface area contributed by atoms with Gasteiger partial charge in [0.25, 0.3) is 0 Å². The molecule has 0 aromatic heterocycles. The molecule has 0 saturated heterocycles. The Kier molecular flexibility index (Phi) is 10.0. The van der Waals surface area contributed by atoms with Gasteiger partial charge in [0.05, 0.1) is 6.61 Å². The Morgan fingerprint density at radius 3 is 1.86 bits per heavy atom. The second-order valence-electron chi connectivity index (χ2n) is 5.62. The van der Waals surface area contributed by atoms with Crippen molar-refractivity contribution in [2.45, 2.75) is 64.7 Å². The maximum atomic E-state index is 8.99. The molecule has 1 aromatic carbocycles. The van der Waals surface area contributed by atoms with E-state index in [1.807, 2.05) is 0 Å². The van der Waals surface area contributed by atoms with E-state index in [4.69, 9.17) is 14.8 Å². The Balaban J connectivity index is 1.96. The summed E-state index contributed by atoms with van der Waals surface area (Å²) >= 11 is 0. The monoisotopic (exact) mass is 292 g/mol. The molecular formula is C17H29BO3. The molecule has 0 aliphatic heterocycles. The van der Waals surface area contributed by atoms with Gasteiger partial charge in [0, 0.05) is 0 Å². The fourth-order valence-electron chi connectivity index (χ4n) is 2.34. The zero-order valence-corrected chi connectivity index (χ0v) is 13.3. The summed E-state index contributed by atoms with van der Waals surface area (Å²) in [5, 5.41) is 18.0. The Labute approximate surface area is 129 Å². The molecule has 0 saturated carbocycles. The van der Waals surface area contributed by atoms with Crippen LogP contribution >= 0.6 is 0 Å². The first-order valence-corrected chi connectivity index (χ1v) is 8.33. The molecule has 0 amide bonds. The largest absolute Gasteiger partial charge is 0.494 e. The lowest BCUT2D eigenvalue weighted by Gasteiger charge is -2.07. The van der Waals surface area contributed by atoms with Crippen molar-refractivity contribution in [1.82, 2.24) is 0 Å². The normalized spacial score (nSPS) is 10.6. The predicted molar refractivity (Wildman–Crippen MR) is 89.0 cm³/mol. The number of rotatable bonds is 12. The molecule has 0 bridgehead atoms. The molecule has 0 unspecified atom stereocenters. The molecule has 0 aliphatic carbocycles. The average molecular weight is 292 g/mol. The highest BCUT2D eigenvalue weighted by Gasteiger charge is 2.09. The lowest BCUT2D eigenvalue weighted by molar-refractivity contribution is 0.304. The van der Waals surface area contributed by atoms with Crippen LogP contribution in [-0.4, -0.2) is 23.8 Å². The van der Waals surface area contributed by atoms with Crippen molar-refractivity contribution in [1.29, 1.82) is 0 Å². The Hall–Kier alpha value is -0.995. The van der Waals surface area contributed by atoms with E-state index in [-0.39, 0.29) is 0 Å². The second-order valence-corrected chi connectivity index (χ2v) is 5.62. The third kappa shape index (κ3) is 8.79. The molecule has 21 heavy (non-hydrogen) atoms. The van der Waals surface area contributed by atoms with Gasteiger partial charge in [-0.3, -0.25) is 0 Å². The van der Waals surface area contributed by atoms with E-state index in [0.717, 1.165) is 18.8 Å². The highest BCUT2D eigenvalue weighted by molar-refractivity contribution is 6.58. The summed E-state index contributed by atoms with van der Waals surface area (Å²) in [4.78, 5) is 0. The summed E-state index contributed by atoms with van der Waals surface area (Å²) < 4.78 is 5.64. The van der Waals surface area contributed by atoms with E-state index in [0.29, 0.717) is 5.46 Å². The van der Waals surface area contributed by atoms with Crippen molar-refractivity contribution in [3.8, 4) is 5.75 Å². The van der Waals surface area contributed by atoms with Gasteiger partial charge in [-0.25, -0.2) is 0 Å². The summed E-state index contributed by atoms with van der Waals surface area (Å²) in [7, 11) is -1.41. The third-order valence-electron chi connectivity index (χ3n) is 3.69. The fourth-order valence-corrected chi connectivity index (χ4v) is 2.34. The van der Waals surface area contributed by atoms with Gasteiger partial charge >= 0.3 is 7.12 Å². The number of unbranched alkanes of at least 4 members (excludes halogenated alkanes) is 8. The number of benzene rings is 1. The molecule has 0 heterocycles. The molecule has 0 fully saturated rings. The Morgan fingerprint density at radius 2 is 1.33 bits per heavy atom. The van der Waals surface area contributed by atoms with Crippen LogP contribution in [0.4, 0.5) is 0 Å². The summed E-state index contributed by atoms with van der Waals surface area (Å²) in [6.07, 6.45) is 11.8. The first kappa shape index (κ1) is 18.1. The standard InChI is InChI=1S/C17H29BO3/c1-2-3-4-5-6-7-8-9-10-15-21-17-13-11-16(12-14-17)18(19)20/h11-14,19-20H,2-10,15H2,1H3. The summed E-state index contributed by atoms with van der Waals surface area (Å²) in [6.45, 7) is 2.98. The lowest BCUT2D eigenvalue weighted by atomic mass is 9.80. The zero-order chi connectivity index (χ0) is 15.3. The quantitative estimate of drug-likeness (QED) is 0.459. The van der Waals surface area contributed by atoms with Crippen LogP contribution in [0, 0.1) is 0 Å². The maximum absolute atomic E-state index is 8.99. The van der Waals surface area contributed by atoms with Gasteiger partial charge in [-0.15, -0.1) is 0 Å². The molecule has 0 aliphatic rings. The van der Waals surface area contributed by atoms with Crippen LogP contribution in [0.5, 0.6) is 5.75 Å². The molecular weight excluding hydrogens is 263 g/mol. The molecule has 1 rings (SSSR count). The fraction of sp³-hybridized carbons (Fsp3) is 0.647. The minimum Gasteiger partial charge on any atom is -0.494 e. The van der Waals surface area contributed by atoms with Gasteiger partial charge in [-0.05, 0) is 24.0 Å². The number of hydrogen-bond acceptors (Lipinski definition) is 3. The topological polar surface area (TPSA) is 49.7 Å². The van der Waals surface area contributed by atoms with Gasteiger partial charge in [0.2, 0.25) is 0 Å². The first-order valence-electron chi connectivity index (χ1n) is 8.33. The van der Waals surface area contributed by atoms with Crippen molar-refractivity contribution >= 4 is 12.6 Å². The number of hydrogen-bond donors (Lipinski definition) is 2. The molecule has 0 radical (unpaired) electrons. The molecule has 4 heteroatoms. The minimum atomic E-state index is -1.41. The van der Waals surface area contributed by atoms with Gasteiger partial charge in [0.1, 0.15) is 5.75 Å². The smallest absolute Gasteiger partial charge is 0.488 e. The van der Waals surface area contributed by atoms with Crippen LogP contribution in [0.25, 0.3) is 0 Å². The van der Waals surface area contributed by atoms with E-state index in [2.05, 4.69) is 6.92 Å². The molecule has 1 aromatic rings. The van der Waals surface area contributed by atoms with Gasteiger partial charge in [-0.2, -0.15) is 0 Å². The van der Waals surface area contributed by atoms with E-state index >= 15 is 0 Å². The summed E-state index contributed by atoms with van der Waals surface area (Å²) in [6, 6.07) is 6.91. The average Bonchev–Trinajstić information content (AvgIpc) is 2.49. The van der Waals surface area contributed by atoms with Crippen LogP contribution in [0.2, 0.25) is 0 Å². The van der Waals surface area contributed by atoms with Crippen LogP contribution in [-0.2, 0) is 0 Å². The van der Waals surface area contributed by atoms with Crippen molar-refractivity contribution in [2.24, 2.45) is 0 Å². The van der Waals surface area contributed by atoms with Crippen molar-refractivity contribution in [2.75, 3.05) is 6.61 Å². The summed E-state index contributed by atoms with van der Waals surface area (Å²) in [5.41, 5.74) is 0.491. The van der Waals surface area contributed by atoms with Crippen molar-refractivity contribution in [3.63, 3.8) is 0 Å². The minimum absolute atomic E-state index is 0.491.